The van der Waals surface area contributed by atoms with E-state index in [0.29, 0.717) is 41.1 Å². The third-order valence-corrected chi connectivity index (χ3v) is 5.45. The van der Waals surface area contributed by atoms with Gasteiger partial charge in [-0.3, -0.25) is 10.1 Å². The first kappa shape index (κ1) is 18.6. The van der Waals surface area contributed by atoms with Gasteiger partial charge in [-0.15, -0.1) is 11.3 Å². The molecule has 0 fully saturated rings. The first-order chi connectivity index (χ1) is 14.7. The predicted octanol–water partition coefficient (Wildman–Crippen LogP) is 3.85. The molecule has 0 radical (unpaired) electrons. The standard InChI is InChI=1S/C21H16FN3O4S/c22-14-3-1-2-12(8-14)15-10-19(29-25-15)20(26)24-21-23-16(11-30-21)13-4-5-17-18(9-13)28-7-6-27-17/h1-5,8-9,11,19H,6-7,10H2,(H,23,24,26). The smallest absolute Gasteiger partial charge is 0.270 e. The van der Waals surface area contributed by atoms with Crippen molar-refractivity contribution >= 4 is 28.1 Å². The number of carbonyl (C=O) groups is 1. The van der Waals surface area contributed by atoms with Crippen LogP contribution in [0.2, 0.25) is 0 Å². The van der Waals surface area contributed by atoms with Gasteiger partial charge in [-0.2, -0.15) is 0 Å². The van der Waals surface area contributed by atoms with Gasteiger partial charge in [0.2, 0.25) is 6.10 Å². The van der Waals surface area contributed by atoms with Crippen LogP contribution in [0, 0.1) is 5.82 Å². The number of ether oxygens (including phenoxy) is 2. The maximum atomic E-state index is 13.4. The summed E-state index contributed by atoms with van der Waals surface area (Å²) in [5, 5.41) is 9.00. The zero-order chi connectivity index (χ0) is 20.5. The second-order valence-corrected chi connectivity index (χ2v) is 7.59. The van der Waals surface area contributed by atoms with E-state index in [1.807, 2.05) is 23.6 Å². The fraction of sp³-hybridized carbons (Fsp3) is 0.190. The van der Waals surface area contributed by atoms with Crippen LogP contribution in [0.1, 0.15) is 12.0 Å². The molecule has 1 unspecified atom stereocenters. The van der Waals surface area contributed by atoms with E-state index in [1.165, 1.54) is 23.5 Å². The molecule has 0 bridgehead atoms. The molecule has 9 heteroatoms. The number of oxime groups is 1. The predicted molar refractivity (Wildman–Crippen MR) is 110 cm³/mol. The van der Waals surface area contributed by atoms with Crippen LogP contribution in [0.25, 0.3) is 11.3 Å². The van der Waals surface area contributed by atoms with Gasteiger partial charge >= 0.3 is 0 Å². The summed E-state index contributed by atoms with van der Waals surface area (Å²) in [4.78, 5) is 22.3. The number of amides is 1. The molecule has 2 aliphatic rings. The molecular weight excluding hydrogens is 409 g/mol. The summed E-state index contributed by atoms with van der Waals surface area (Å²) in [6, 6.07) is 11.6. The summed E-state index contributed by atoms with van der Waals surface area (Å²) >= 11 is 1.31. The minimum absolute atomic E-state index is 0.260. The number of aromatic nitrogens is 1. The van der Waals surface area contributed by atoms with Gasteiger partial charge in [0.1, 0.15) is 19.0 Å². The van der Waals surface area contributed by atoms with Crippen LogP contribution >= 0.6 is 11.3 Å². The normalized spacial score (nSPS) is 17.2. The summed E-state index contributed by atoms with van der Waals surface area (Å²) in [5.74, 6) is 0.672. The van der Waals surface area contributed by atoms with E-state index >= 15 is 0 Å². The second-order valence-electron chi connectivity index (χ2n) is 6.73. The topological polar surface area (TPSA) is 82.0 Å². The van der Waals surface area contributed by atoms with Crippen LogP contribution in [-0.2, 0) is 9.63 Å². The number of thiazole rings is 1. The van der Waals surface area contributed by atoms with Crippen LogP contribution < -0.4 is 14.8 Å². The fourth-order valence-corrected chi connectivity index (χ4v) is 3.93. The van der Waals surface area contributed by atoms with Crippen molar-refractivity contribution < 1.29 is 23.5 Å². The monoisotopic (exact) mass is 425 g/mol. The maximum absolute atomic E-state index is 13.4. The summed E-state index contributed by atoms with van der Waals surface area (Å²) in [6.07, 6.45) is -0.528. The fourth-order valence-electron chi connectivity index (χ4n) is 3.21. The van der Waals surface area contributed by atoms with Crippen molar-refractivity contribution in [1.29, 1.82) is 0 Å². The zero-order valence-electron chi connectivity index (χ0n) is 15.6. The zero-order valence-corrected chi connectivity index (χ0v) is 16.4. The molecular formula is C21H16FN3O4S. The lowest BCUT2D eigenvalue weighted by atomic mass is 10.0. The van der Waals surface area contributed by atoms with E-state index in [1.54, 1.807) is 12.1 Å². The number of benzene rings is 2. The van der Waals surface area contributed by atoms with Gasteiger partial charge < -0.3 is 14.3 Å². The van der Waals surface area contributed by atoms with E-state index in [-0.39, 0.29) is 18.1 Å². The molecule has 3 aromatic rings. The van der Waals surface area contributed by atoms with Crippen LogP contribution in [-0.4, -0.2) is 35.9 Å². The molecule has 1 N–H and O–H groups in total. The van der Waals surface area contributed by atoms with Gasteiger partial charge in [0.15, 0.2) is 16.6 Å². The molecule has 5 rings (SSSR count). The first-order valence-corrected chi connectivity index (χ1v) is 10.2. The highest BCUT2D eigenvalue weighted by atomic mass is 32.1. The highest BCUT2D eigenvalue weighted by Crippen LogP contribution is 2.35. The molecule has 1 aromatic heterocycles. The molecule has 0 spiro atoms. The van der Waals surface area contributed by atoms with Crippen LogP contribution in [0.5, 0.6) is 11.5 Å². The van der Waals surface area contributed by atoms with Crippen molar-refractivity contribution in [1.82, 2.24) is 4.98 Å². The van der Waals surface area contributed by atoms with Gasteiger partial charge in [0.25, 0.3) is 5.91 Å². The van der Waals surface area contributed by atoms with Gasteiger partial charge in [0, 0.05) is 22.9 Å². The summed E-state index contributed by atoms with van der Waals surface area (Å²) in [7, 11) is 0. The Hall–Kier alpha value is -3.46. The third-order valence-electron chi connectivity index (χ3n) is 4.69. The molecule has 1 amide bonds. The number of nitrogens with one attached hydrogen (secondary N) is 1. The lowest BCUT2D eigenvalue weighted by Crippen LogP contribution is -2.28. The summed E-state index contributed by atoms with van der Waals surface area (Å²) in [6.45, 7) is 1.04. The molecule has 2 aromatic carbocycles. The van der Waals surface area contributed by atoms with E-state index in [4.69, 9.17) is 14.3 Å². The Labute approximate surface area is 175 Å². The minimum atomic E-state index is -0.787. The van der Waals surface area contributed by atoms with Crippen LogP contribution in [0.3, 0.4) is 0 Å². The van der Waals surface area contributed by atoms with Crippen molar-refractivity contribution in [2.24, 2.45) is 5.16 Å². The van der Waals surface area contributed by atoms with Gasteiger partial charge in [0.05, 0.1) is 11.4 Å². The van der Waals surface area contributed by atoms with E-state index < -0.39 is 6.10 Å². The van der Waals surface area contributed by atoms with Gasteiger partial charge in [-0.1, -0.05) is 17.3 Å². The number of anilines is 1. The Bertz CT molecular complexity index is 1150. The molecule has 7 nitrogen and oxygen atoms in total. The van der Waals surface area contributed by atoms with E-state index in [9.17, 15) is 9.18 Å². The molecule has 0 saturated carbocycles. The highest BCUT2D eigenvalue weighted by Gasteiger charge is 2.29. The number of fused-ring (bicyclic) bond motifs is 1. The lowest BCUT2D eigenvalue weighted by molar-refractivity contribution is -0.125. The van der Waals surface area contributed by atoms with Crippen molar-refractivity contribution in [3.8, 4) is 22.8 Å². The number of rotatable bonds is 4. The average Bonchev–Trinajstić information content (AvgIpc) is 3.43. The highest BCUT2D eigenvalue weighted by molar-refractivity contribution is 7.14. The van der Waals surface area contributed by atoms with E-state index in [2.05, 4.69) is 15.5 Å². The number of carbonyl (C=O) groups excluding carboxylic acids is 1. The Morgan fingerprint density at radius 1 is 1.10 bits per heavy atom. The van der Waals surface area contributed by atoms with Gasteiger partial charge in [-0.25, -0.2) is 9.37 Å². The summed E-state index contributed by atoms with van der Waals surface area (Å²) in [5.41, 5.74) is 2.72. The molecule has 0 saturated heterocycles. The van der Waals surface area contributed by atoms with Crippen molar-refractivity contribution in [3.63, 3.8) is 0 Å². The number of halogens is 1. The third kappa shape index (κ3) is 3.71. The molecule has 0 aliphatic carbocycles. The number of nitrogens with zero attached hydrogens (tertiary/aromatic N) is 2. The Morgan fingerprint density at radius 3 is 2.83 bits per heavy atom. The van der Waals surface area contributed by atoms with Crippen molar-refractivity contribution in [2.45, 2.75) is 12.5 Å². The Balaban J connectivity index is 1.24. The Kier molecular flexibility index (Phi) is 4.80. The SMILES string of the molecule is O=C(Nc1nc(-c2ccc3c(c2)OCCO3)cs1)C1CC(c2cccc(F)c2)=NO1. The molecule has 152 valence electrons. The Morgan fingerprint density at radius 2 is 1.97 bits per heavy atom. The summed E-state index contributed by atoms with van der Waals surface area (Å²) < 4.78 is 24.5. The van der Waals surface area contributed by atoms with Crippen molar-refractivity contribution in [3.05, 3.63) is 59.2 Å². The molecule has 30 heavy (non-hydrogen) atoms. The lowest BCUT2D eigenvalue weighted by Gasteiger charge is -2.18. The quantitative estimate of drug-likeness (QED) is 0.687. The largest absolute Gasteiger partial charge is 0.486 e. The van der Waals surface area contributed by atoms with Crippen LogP contribution in [0.15, 0.2) is 53.0 Å². The van der Waals surface area contributed by atoms with Crippen LogP contribution in [0.4, 0.5) is 9.52 Å². The number of hydrogen-bond acceptors (Lipinski definition) is 7. The molecule has 3 heterocycles. The minimum Gasteiger partial charge on any atom is -0.486 e. The van der Waals surface area contributed by atoms with E-state index in [0.717, 1.165) is 11.3 Å². The maximum Gasteiger partial charge on any atom is 0.270 e. The molecule has 1 atom stereocenters. The second kappa shape index (κ2) is 7.75. The number of hydrogen-bond donors (Lipinski definition) is 1. The van der Waals surface area contributed by atoms with Gasteiger partial charge in [-0.05, 0) is 30.3 Å². The van der Waals surface area contributed by atoms with Crippen molar-refractivity contribution in [2.75, 3.05) is 18.5 Å². The molecule has 2 aliphatic heterocycles. The first-order valence-electron chi connectivity index (χ1n) is 9.31. The average molecular weight is 425 g/mol.